The first-order valence-electron chi connectivity index (χ1n) is 8.34. The molecule has 0 saturated carbocycles. The van der Waals surface area contributed by atoms with Gasteiger partial charge in [-0.3, -0.25) is 14.6 Å². The van der Waals surface area contributed by atoms with Crippen LogP contribution < -0.4 is 10.2 Å². The molecule has 28 heavy (non-hydrogen) atoms. The van der Waals surface area contributed by atoms with Crippen LogP contribution in [0.2, 0.25) is 0 Å². The number of halogens is 3. The van der Waals surface area contributed by atoms with E-state index in [0.29, 0.717) is 11.2 Å². The van der Waals surface area contributed by atoms with E-state index in [1.165, 1.54) is 19.1 Å². The number of anilines is 2. The summed E-state index contributed by atoms with van der Waals surface area (Å²) < 4.78 is 38.8. The number of nitrogens with zero attached hydrogens (tertiary/aromatic N) is 2. The van der Waals surface area contributed by atoms with Gasteiger partial charge in [0.2, 0.25) is 11.8 Å². The highest BCUT2D eigenvalue weighted by molar-refractivity contribution is 6.05. The fourth-order valence-corrected chi connectivity index (χ4v) is 2.77. The average molecular weight is 387 g/mol. The first-order chi connectivity index (χ1) is 13.3. The number of fused-ring (bicyclic) bond motifs is 1. The maximum absolute atomic E-state index is 12.9. The van der Waals surface area contributed by atoms with Crippen LogP contribution in [-0.4, -0.2) is 23.3 Å². The Balaban J connectivity index is 1.83. The first kappa shape index (κ1) is 19.3. The molecule has 8 heteroatoms. The van der Waals surface area contributed by atoms with Gasteiger partial charge in [0.15, 0.2) is 0 Å². The van der Waals surface area contributed by atoms with E-state index in [1.807, 2.05) is 12.1 Å². The topological polar surface area (TPSA) is 62.3 Å². The maximum Gasteiger partial charge on any atom is 0.416 e. The summed E-state index contributed by atoms with van der Waals surface area (Å²) in [6.07, 6.45) is -2.96. The fraction of sp³-hybridized carbons (Fsp3) is 0.150. The summed E-state index contributed by atoms with van der Waals surface area (Å²) in [7, 11) is 0. The number of benzene rings is 2. The quantitative estimate of drug-likeness (QED) is 0.728. The third-order valence-electron chi connectivity index (χ3n) is 4.07. The fourth-order valence-electron chi connectivity index (χ4n) is 2.77. The van der Waals surface area contributed by atoms with Crippen LogP contribution in [-0.2, 0) is 15.8 Å². The zero-order chi connectivity index (χ0) is 20.3. The van der Waals surface area contributed by atoms with E-state index in [4.69, 9.17) is 0 Å². The first-order valence-corrected chi connectivity index (χ1v) is 8.34. The number of aromatic nitrogens is 1. The van der Waals surface area contributed by atoms with Crippen LogP contribution in [0, 0.1) is 0 Å². The molecule has 0 aliphatic heterocycles. The number of alkyl halides is 3. The van der Waals surface area contributed by atoms with Crippen molar-refractivity contribution in [1.29, 1.82) is 0 Å². The number of amides is 2. The number of carbonyl (C=O) groups is 2. The number of hydrogen-bond donors (Lipinski definition) is 1. The Morgan fingerprint density at radius 2 is 1.79 bits per heavy atom. The second kappa shape index (κ2) is 7.67. The normalized spacial score (nSPS) is 11.3. The molecule has 3 rings (SSSR count). The van der Waals surface area contributed by atoms with Gasteiger partial charge in [0.05, 0.1) is 16.8 Å². The minimum absolute atomic E-state index is 0.00600. The Bertz CT molecular complexity index is 1030. The number of para-hydroxylation sites is 1. The van der Waals surface area contributed by atoms with Crippen LogP contribution in [0.25, 0.3) is 10.9 Å². The Morgan fingerprint density at radius 1 is 1.07 bits per heavy atom. The van der Waals surface area contributed by atoms with Crippen molar-refractivity contribution in [3.8, 4) is 0 Å². The lowest BCUT2D eigenvalue weighted by atomic mass is 10.1. The molecule has 0 bridgehead atoms. The van der Waals surface area contributed by atoms with Crippen LogP contribution in [0.3, 0.4) is 0 Å². The Labute approximate surface area is 158 Å². The largest absolute Gasteiger partial charge is 0.416 e. The van der Waals surface area contributed by atoms with Crippen LogP contribution in [0.15, 0.2) is 60.8 Å². The molecule has 0 saturated heterocycles. The van der Waals surface area contributed by atoms with E-state index in [0.717, 1.165) is 22.4 Å². The molecule has 0 radical (unpaired) electrons. The Hall–Kier alpha value is -3.42. The van der Waals surface area contributed by atoms with E-state index in [9.17, 15) is 22.8 Å². The SMILES string of the molecule is CC(=O)N(CC(=O)Nc1cccc2cccnc12)c1cccc(C(F)(F)F)c1. The lowest BCUT2D eigenvalue weighted by Crippen LogP contribution is -2.36. The summed E-state index contributed by atoms with van der Waals surface area (Å²) in [6, 6.07) is 13.1. The predicted octanol–water partition coefficient (Wildman–Crippen LogP) is 4.25. The molecule has 2 amide bonds. The van der Waals surface area contributed by atoms with E-state index >= 15 is 0 Å². The highest BCUT2D eigenvalue weighted by Gasteiger charge is 2.31. The molecule has 144 valence electrons. The van der Waals surface area contributed by atoms with Crippen molar-refractivity contribution in [2.24, 2.45) is 0 Å². The minimum Gasteiger partial charge on any atom is -0.323 e. The highest BCUT2D eigenvalue weighted by Crippen LogP contribution is 2.31. The van der Waals surface area contributed by atoms with Gasteiger partial charge >= 0.3 is 6.18 Å². The van der Waals surface area contributed by atoms with Crippen molar-refractivity contribution >= 4 is 34.1 Å². The molecule has 2 aromatic carbocycles. The third-order valence-corrected chi connectivity index (χ3v) is 4.07. The molecule has 0 aliphatic carbocycles. The number of nitrogens with one attached hydrogen (secondary N) is 1. The molecular formula is C20H16F3N3O2. The maximum atomic E-state index is 12.9. The van der Waals surface area contributed by atoms with Gasteiger partial charge in [-0.2, -0.15) is 13.2 Å². The van der Waals surface area contributed by atoms with E-state index in [2.05, 4.69) is 10.3 Å². The van der Waals surface area contributed by atoms with Crippen molar-refractivity contribution < 1.29 is 22.8 Å². The molecule has 0 aliphatic rings. The molecule has 1 aromatic heterocycles. The van der Waals surface area contributed by atoms with Crippen LogP contribution in [0.1, 0.15) is 12.5 Å². The van der Waals surface area contributed by atoms with E-state index < -0.39 is 30.1 Å². The van der Waals surface area contributed by atoms with Crippen LogP contribution >= 0.6 is 0 Å². The number of rotatable bonds is 4. The zero-order valence-corrected chi connectivity index (χ0v) is 14.8. The zero-order valence-electron chi connectivity index (χ0n) is 14.8. The van der Waals surface area contributed by atoms with Crippen LogP contribution in [0.4, 0.5) is 24.5 Å². The molecule has 1 heterocycles. The van der Waals surface area contributed by atoms with Gasteiger partial charge in [0, 0.05) is 24.2 Å². The van der Waals surface area contributed by atoms with Crippen molar-refractivity contribution in [2.45, 2.75) is 13.1 Å². The average Bonchev–Trinajstić information content (AvgIpc) is 2.65. The van der Waals surface area contributed by atoms with Crippen molar-refractivity contribution in [3.63, 3.8) is 0 Å². The summed E-state index contributed by atoms with van der Waals surface area (Å²) in [6.45, 7) is 0.757. The van der Waals surface area contributed by atoms with Gasteiger partial charge in [-0.25, -0.2) is 0 Å². The van der Waals surface area contributed by atoms with Gasteiger partial charge in [-0.05, 0) is 30.3 Å². The van der Waals surface area contributed by atoms with Gasteiger partial charge in [0.1, 0.15) is 6.54 Å². The Morgan fingerprint density at radius 3 is 2.50 bits per heavy atom. The van der Waals surface area contributed by atoms with Crippen molar-refractivity contribution in [1.82, 2.24) is 4.98 Å². The second-order valence-electron chi connectivity index (χ2n) is 6.08. The molecule has 0 unspecified atom stereocenters. The predicted molar refractivity (Wildman–Crippen MR) is 99.8 cm³/mol. The number of carbonyl (C=O) groups excluding carboxylic acids is 2. The summed E-state index contributed by atoms with van der Waals surface area (Å²) >= 11 is 0. The minimum atomic E-state index is -4.55. The van der Waals surface area contributed by atoms with Gasteiger partial charge in [-0.1, -0.05) is 24.3 Å². The monoisotopic (exact) mass is 387 g/mol. The standard InChI is InChI=1S/C20H16F3N3O2/c1-13(27)26(16-8-3-7-15(11-16)20(21,22)23)12-18(28)25-17-9-2-5-14-6-4-10-24-19(14)17/h2-11H,12H2,1H3,(H,25,28). The third kappa shape index (κ3) is 4.28. The van der Waals surface area contributed by atoms with Crippen molar-refractivity contribution in [3.05, 3.63) is 66.4 Å². The van der Waals surface area contributed by atoms with Crippen LogP contribution in [0.5, 0.6) is 0 Å². The number of hydrogen-bond acceptors (Lipinski definition) is 3. The summed E-state index contributed by atoms with van der Waals surface area (Å²) in [4.78, 5) is 29.6. The molecule has 5 nitrogen and oxygen atoms in total. The molecule has 3 aromatic rings. The van der Waals surface area contributed by atoms with Gasteiger partial charge in [-0.15, -0.1) is 0 Å². The molecular weight excluding hydrogens is 371 g/mol. The van der Waals surface area contributed by atoms with Crippen molar-refractivity contribution in [2.75, 3.05) is 16.8 Å². The molecule has 0 atom stereocenters. The smallest absolute Gasteiger partial charge is 0.323 e. The van der Waals surface area contributed by atoms with E-state index in [1.54, 1.807) is 24.4 Å². The molecule has 1 N–H and O–H groups in total. The van der Waals surface area contributed by atoms with E-state index in [-0.39, 0.29) is 5.69 Å². The summed E-state index contributed by atoms with van der Waals surface area (Å²) in [5.41, 5.74) is 0.130. The summed E-state index contributed by atoms with van der Waals surface area (Å²) in [5, 5.41) is 3.49. The molecule has 0 fully saturated rings. The Kier molecular flexibility index (Phi) is 5.30. The van der Waals surface area contributed by atoms with Gasteiger partial charge < -0.3 is 10.2 Å². The molecule has 0 spiro atoms. The highest BCUT2D eigenvalue weighted by atomic mass is 19.4. The summed E-state index contributed by atoms with van der Waals surface area (Å²) in [5.74, 6) is -1.10. The lowest BCUT2D eigenvalue weighted by Gasteiger charge is -2.22. The second-order valence-corrected chi connectivity index (χ2v) is 6.08. The van der Waals surface area contributed by atoms with Gasteiger partial charge in [0.25, 0.3) is 0 Å². The lowest BCUT2D eigenvalue weighted by molar-refractivity contribution is -0.137. The number of pyridine rings is 1.